The predicted molar refractivity (Wildman–Crippen MR) is 103 cm³/mol. The van der Waals surface area contributed by atoms with Crippen LogP contribution in [-0.4, -0.2) is 12.5 Å². The molecule has 24 heavy (non-hydrogen) atoms. The Morgan fingerprint density at radius 1 is 1.00 bits per heavy atom. The minimum atomic E-state index is 0.303. The zero-order valence-corrected chi connectivity index (χ0v) is 17.0. The maximum atomic E-state index is 11.0. The van der Waals surface area contributed by atoms with Crippen LogP contribution in [0.5, 0.6) is 0 Å². The summed E-state index contributed by atoms with van der Waals surface area (Å²) in [6.07, 6.45) is 11.6. The topological polar surface area (TPSA) is 29.1 Å². The van der Waals surface area contributed by atoms with E-state index < -0.39 is 0 Å². The maximum absolute atomic E-state index is 11.0. The predicted octanol–water partition coefficient (Wildman–Crippen LogP) is 5.81. The van der Waals surface area contributed by atoms with Gasteiger partial charge in [-0.05, 0) is 79.4 Å². The molecule has 3 fully saturated rings. The summed E-state index contributed by atoms with van der Waals surface area (Å²) >= 11 is 0. The molecule has 2 heteroatoms. The Balaban J connectivity index is 0.000000647. The van der Waals surface area contributed by atoms with Gasteiger partial charge < -0.3 is 5.32 Å². The fraction of sp³-hybridized carbons (Fsp3) is 0.955. The van der Waals surface area contributed by atoms with Gasteiger partial charge in [0.1, 0.15) is 0 Å². The molecule has 0 aromatic heterocycles. The molecule has 0 saturated heterocycles. The number of amides is 1. The highest BCUT2D eigenvalue weighted by atomic mass is 16.1. The third-order valence-corrected chi connectivity index (χ3v) is 8.37. The maximum Gasteiger partial charge on any atom is 0.207 e. The summed E-state index contributed by atoms with van der Waals surface area (Å²) in [6.45, 7) is 14.1. The number of hydrogen-bond acceptors (Lipinski definition) is 1. The molecule has 3 saturated carbocycles. The third-order valence-electron chi connectivity index (χ3n) is 8.37. The molecule has 0 aromatic carbocycles. The molecule has 7 atom stereocenters. The normalized spacial score (nSPS) is 47.0. The Morgan fingerprint density at radius 2 is 1.67 bits per heavy atom. The van der Waals surface area contributed by atoms with Crippen LogP contribution in [0.25, 0.3) is 0 Å². The van der Waals surface area contributed by atoms with Crippen LogP contribution in [0.4, 0.5) is 0 Å². The van der Waals surface area contributed by atoms with Crippen LogP contribution in [0, 0.1) is 34.5 Å². The van der Waals surface area contributed by atoms with E-state index in [9.17, 15) is 4.79 Å². The minimum absolute atomic E-state index is 0.303. The van der Waals surface area contributed by atoms with Crippen molar-refractivity contribution in [3.8, 4) is 0 Å². The fourth-order valence-electron chi connectivity index (χ4n) is 6.58. The second kappa shape index (κ2) is 7.79. The molecule has 3 aliphatic rings. The lowest BCUT2D eigenvalue weighted by Gasteiger charge is -2.58. The van der Waals surface area contributed by atoms with Gasteiger partial charge in [-0.25, -0.2) is 0 Å². The first kappa shape index (κ1) is 19.8. The van der Waals surface area contributed by atoms with E-state index in [1.54, 1.807) is 0 Å². The molecule has 0 spiro atoms. The van der Waals surface area contributed by atoms with Crippen molar-refractivity contribution in [3.05, 3.63) is 0 Å². The van der Waals surface area contributed by atoms with Crippen LogP contribution in [0.3, 0.4) is 0 Å². The first-order chi connectivity index (χ1) is 11.4. The van der Waals surface area contributed by atoms with E-state index in [4.69, 9.17) is 0 Å². The van der Waals surface area contributed by atoms with Crippen molar-refractivity contribution in [2.75, 3.05) is 0 Å². The van der Waals surface area contributed by atoms with Crippen LogP contribution in [0.2, 0.25) is 0 Å². The SMILES string of the molecule is CCC.CCC1(C)C(NC=O)CCC2C3CCC(C)C3(C)CCC21. The quantitative estimate of drug-likeness (QED) is 0.648. The summed E-state index contributed by atoms with van der Waals surface area (Å²) in [5.41, 5.74) is 0.901. The van der Waals surface area contributed by atoms with Gasteiger partial charge in [-0.15, -0.1) is 0 Å². The van der Waals surface area contributed by atoms with Crippen molar-refractivity contribution < 1.29 is 4.79 Å². The smallest absolute Gasteiger partial charge is 0.207 e. The monoisotopic (exact) mass is 335 g/mol. The molecule has 0 radical (unpaired) electrons. The van der Waals surface area contributed by atoms with E-state index in [2.05, 4.69) is 46.9 Å². The number of hydrogen-bond donors (Lipinski definition) is 1. The Kier molecular flexibility index (Phi) is 6.42. The van der Waals surface area contributed by atoms with Crippen LogP contribution >= 0.6 is 0 Å². The second-order valence-electron chi connectivity index (χ2n) is 9.38. The lowest BCUT2D eigenvalue weighted by Crippen LogP contribution is -2.57. The average molecular weight is 336 g/mol. The fourth-order valence-corrected chi connectivity index (χ4v) is 6.58. The molecule has 0 aromatic rings. The highest BCUT2D eigenvalue weighted by Crippen LogP contribution is 2.64. The van der Waals surface area contributed by atoms with Gasteiger partial charge in [-0.3, -0.25) is 4.79 Å². The molecule has 140 valence electrons. The lowest BCUT2D eigenvalue weighted by atomic mass is 9.48. The zero-order valence-electron chi connectivity index (χ0n) is 17.0. The molecule has 7 unspecified atom stereocenters. The summed E-state index contributed by atoms with van der Waals surface area (Å²) in [5.74, 6) is 3.57. The van der Waals surface area contributed by atoms with Crippen molar-refractivity contribution in [2.45, 2.75) is 99.0 Å². The second-order valence-corrected chi connectivity index (χ2v) is 9.38. The summed E-state index contributed by atoms with van der Waals surface area (Å²) in [4.78, 5) is 11.0. The Labute approximate surface area is 150 Å². The van der Waals surface area contributed by atoms with Gasteiger partial charge in [0, 0.05) is 6.04 Å². The van der Waals surface area contributed by atoms with E-state index in [0.29, 0.717) is 16.9 Å². The number of nitrogens with one attached hydrogen (secondary N) is 1. The van der Waals surface area contributed by atoms with Gasteiger partial charge in [-0.2, -0.15) is 0 Å². The molecule has 0 aliphatic heterocycles. The Hall–Kier alpha value is -0.530. The van der Waals surface area contributed by atoms with Crippen molar-refractivity contribution in [1.82, 2.24) is 5.32 Å². The molecular weight excluding hydrogens is 294 g/mol. The van der Waals surface area contributed by atoms with Crippen LogP contribution in [0.1, 0.15) is 92.9 Å². The summed E-state index contributed by atoms with van der Waals surface area (Å²) in [6, 6.07) is 0.393. The van der Waals surface area contributed by atoms with Gasteiger partial charge >= 0.3 is 0 Å². The van der Waals surface area contributed by atoms with Crippen molar-refractivity contribution >= 4 is 6.41 Å². The molecule has 3 aliphatic carbocycles. The van der Waals surface area contributed by atoms with Crippen LogP contribution < -0.4 is 5.32 Å². The van der Waals surface area contributed by atoms with E-state index in [1.165, 1.54) is 51.4 Å². The van der Waals surface area contributed by atoms with Crippen molar-refractivity contribution in [3.63, 3.8) is 0 Å². The molecular formula is C22H41NO. The summed E-state index contributed by atoms with van der Waals surface area (Å²) in [5, 5.41) is 3.16. The van der Waals surface area contributed by atoms with E-state index >= 15 is 0 Å². The van der Waals surface area contributed by atoms with E-state index in [-0.39, 0.29) is 0 Å². The third kappa shape index (κ3) is 3.15. The van der Waals surface area contributed by atoms with E-state index in [1.807, 2.05) is 0 Å². The molecule has 2 nitrogen and oxygen atoms in total. The first-order valence-electron chi connectivity index (χ1n) is 10.6. The largest absolute Gasteiger partial charge is 0.355 e. The molecule has 0 heterocycles. The lowest BCUT2D eigenvalue weighted by molar-refractivity contribution is -0.116. The van der Waals surface area contributed by atoms with Crippen LogP contribution in [0.15, 0.2) is 0 Å². The van der Waals surface area contributed by atoms with Crippen molar-refractivity contribution in [2.24, 2.45) is 34.5 Å². The highest BCUT2D eigenvalue weighted by Gasteiger charge is 2.58. The summed E-state index contributed by atoms with van der Waals surface area (Å²) in [7, 11) is 0. The first-order valence-corrected chi connectivity index (χ1v) is 10.6. The summed E-state index contributed by atoms with van der Waals surface area (Å²) < 4.78 is 0. The minimum Gasteiger partial charge on any atom is -0.355 e. The van der Waals surface area contributed by atoms with Gasteiger partial charge in [0.2, 0.25) is 6.41 Å². The van der Waals surface area contributed by atoms with Gasteiger partial charge in [-0.1, -0.05) is 48.0 Å². The van der Waals surface area contributed by atoms with Gasteiger partial charge in [0.05, 0.1) is 0 Å². The Morgan fingerprint density at radius 3 is 2.25 bits per heavy atom. The highest BCUT2D eigenvalue weighted by molar-refractivity contribution is 5.47. The molecule has 1 N–H and O–H groups in total. The van der Waals surface area contributed by atoms with Gasteiger partial charge in [0.15, 0.2) is 0 Å². The zero-order chi connectivity index (χ0) is 18.0. The molecule has 0 bridgehead atoms. The number of rotatable bonds is 3. The molecule has 1 amide bonds. The van der Waals surface area contributed by atoms with Crippen LogP contribution in [-0.2, 0) is 4.79 Å². The number of fused-ring (bicyclic) bond motifs is 3. The number of carbonyl (C=O) groups excluding carboxylic acids is 1. The number of carbonyl (C=O) groups is 1. The standard InChI is InChI=1S/C19H33NO.C3H8/c1-5-18(3)16-10-11-19(4)13(2)6-8-15(19)14(16)7-9-17(18)20-12-21;1-3-2/h12-17H,5-11H2,1-4H3,(H,20,21);3H2,1-2H3. The van der Waals surface area contributed by atoms with E-state index in [0.717, 1.165) is 30.1 Å². The average Bonchev–Trinajstić information content (AvgIpc) is 2.86. The Bertz CT molecular complexity index is 422. The van der Waals surface area contributed by atoms with Gasteiger partial charge in [0.25, 0.3) is 0 Å². The molecule has 3 rings (SSSR count). The van der Waals surface area contributed by atoms with Crippen molar-refractivity contribution in [1.29, 1.82) is 0 Å².